The molecule has 10 heteroatoms. The van der Waals surface area contributed by atoms with Gasteiger partial charge >= 0.3 is 6.18 Å². The zero-order valence-corrected chi connectivity index (χ0v) is 17.8. The number of benzene rings is 2. The lowest BCUT2D eigenvalue weighted by Gasteiger charge is -2.20. The van der Waals surface area contributed by atoms with Gasteiger partial charge in [0.2, 0.25) is 10.0 Å². The minimum atomic E-state index is -4.56. The zero-order valence-electron chi connectivity index (χ0n) is 17.0. The van der Waals surface area contributed by atoms with E-state index < -0.39 is 27.7 Å². The molecule has 30 heavy (non-hydrogen) atoms. The van der Waals surface area contributed by atoms with Crippen molar-refractivity contribution in [2.24, 2.45) is 0 Å². The molecule has 1 amide bonds. The van der Waals surface area contributed by atoms with Crippen LogP contribution in [0.25, 0.3) is 0 Å². The molecule has 0 bridgehead atoms. The summed E-state index contributed by atoms with van der Waals surface area (Å²) in [5, 5.41) is 2.38. The van der Waals surface area contributed by atoms with Crippen molar-refractivity contribution >= 4 is 21.6 Å². The lowest BCUT2D eigenvalue weighted by molar-refractivity contribution is -0.138. The van der Waals surface area contributed by atoms with Gasteiger partial charge in [0, 0.05) is 24.3 Å². The number of methoxy groups -OCH3 is 1. The molecule has 164 valence electrons. The fraction of sp³-hybridized carbons (Fsp3) is 0.350. The summed E-state index contributed by atoms with van der Waals surface area (Å²) < 4.78 is 71.4. The Balaban J connectivity index is 2.43. The third-order valence-corrected chi connectivity index (χ3v) is 6.62. The molecule has 0 aliphatic heterocycles. The van der Waals surface area contributed by atoms with E-state index in [9.17, 15) is 26.4 Å². The van der Waals surface area contributed by atoms with Crippen molar-refractivity contribution in [3.8, 4) is 5.75 Å². The Hall–Kier alpha value is -2.59. The molecular formula is C20H23F3N2O4S. The van der Waals surface area contributed by atoms with Gasteiger partial charge in [0.1, 0.15) is 10.6 Å². The summed E-state index contributed by atoms with van der Waals surface area (Å²) in [4.78, 5) is 12.4. The van der Waals surface area contributed by atoms with Crippen molar-refractivity contribution in [3.05, 3.63) is 53.1 Å². The lowest BCUT2D eigenvalue weighted by atomic mass is 10.1. The van der Waals surface area contributed by atoms with Gasteiger partial charge in [-0.25, -0.2) is 8.42 Å². The van der Waals surface area contributed by atoms with Crippen LogP contribution in [0, 0.1) is 6.92 Å². The fourth-order valence-corrected chi connectivity index (χ4v) is 4.57. The molecule has 0 saturated carbocycles. The van der Waals surface area contributed by atoms with Crippen LogP contribution in [-0.4, -0.2) is 38.8 Å². The van der Waals surface area contributed by atoms with Crippen molar-refractivity contribution in [2.75, 3.05) is 25.5 Å². The first-order chi connectivity index (χ1) is 13.9. The Kier molecular flexibility index (Phi) is 7.14. The van der Waals surface area contributed by atoms with Crippen LogP contribution in [0.2, 0.25) is 0 Å². The highest BCUT2D eigenvalue weighted by molar-refractivity contribution is 7.89. The molecule has 6 nitrogen and oxygen atoms in total. The largest absolute Gasteiger partial charge is 0.495 e. The summed E-state index contributed by atoms with van der Waals surface area (Å²) in [7, 11) is -2.62. The summed E-state index contributed by atoms with van der Waals surface area (Å²) in [6.07, 6.45) is -4.56. The summed E-state index contributed by atoms with van der Waals surface area (Å²) in [5.41, 5.74) is -0.921. The number of carbonyl (C=O) groups excluding carboxylic acids is 1. The Morgan fingerprint density at radius 1 is 1.10 bits per heavy atom. The Bertz CT molecular complexity index is 1030. The molecular weight excluding hydrogens is 421 g/mol. The molecule has 0 aliphatic rings. The van der Waals surface area contributed by atoms with Gasteiger partial charge < -0.3 is 10.1 Å². The minimum absolute atomic E-state index is 0.0255. The van der Waals surface area contributed by atoms with Crippen molar-refractivity contribution in [1.29, 1.82) is 0 Å². The maximum Gasteiger partial charge on any atom is 0.416 e. The van der Waals surface area contributed by atoms with E-state index in [0.29, 0.717) is 0 Å². The molecule has 2 aromatic rings. The molecule has 0 aliphatic carbocycles. The Labute approximate surface area is 173 Å². The van der Waals surface area contributed by atoms with E-state index in [2.05, 4.69) is 5.32 Å². The number of halogens is 3. The van der Waals surface area contributed by atoms with Crippen molar-refractivity contribution in [2.45, 2.75) is 31.8 Å². The number of hydrogen-bond donors (Lipinski definition) is 1. The van der Waals surface area contributed by atoms with Crippen LogP contribution >= 0.6 is 0 Å². The number of aryl methyl sites for hydroxylation is 1. The standard InChI is InChI=1S/C20H23F3N2O4S/c1-5-25(6-2)30(27,28)18-11-14(8-10-17(18)29-4)19(26)24-15-9-7-13(3)16(12-15)20(21,22)23/h7-12H,5-6H2,1-4H3,(H,24,26). The molecule has 0 fully saturated rings. The molecule has 0 heterocycles. The Morgan fingerprint density at radius 2 is 1.73 bits per heavy atom. The molecule has 0 atom stereocenters. The van der Waals surface area contributed by atoms with E-state index in [1.54, 1.807) is 13.8 Å². The van der Waals surface area contributed by atoms with Crippen LogP contribution in [0.1, 0.15) is 35.3 Å². The summed E-state index contributed by atoms with van der Waals surface area (Å²) in [5.74, 6) is -0.682. The second-order valence-electron chi connectivity index (χ2n) is 6.44. The number of rotatable bonds is 7. The smallest absolute Gasteiger partial charge is 0.416 e. The number of ether oxygens (including phenoxy) is 1. The van der Waals surface area contributed by atoms with Gasteiger partial charge in [-0.3, -0.25) is 4.79 Å². The van der Waals surface area contributed by atoms with Crippen molar-refractivity contribution < 1.29 is 31.1 Å². The number of amides is 1. The van der Waals surface area contributed by atoms with Gasteiger partial charge in [-0.1, -0.05) is 19.9 Å². The third-order valence-electron chi connectivity index (χ3n) is 4.55. The highest BCUT2D eigenvalue weighted by atomic mass is 32.2. The summed E-state index contributed by atoms with van der Waals surface area (Å²) in [6, 6.07) is 7.27. The minimum Gasteiger partial charge on any atom is -0.495 e. The van der Waals surface area contributed by atoms with E-state index >= 15 is 0 Å². The van der Waals surface area contributed by atoms with Crippen LogP contribution in [0.3, 0.4) is 0 Å². The molecule has 1 N–H and O–H groups in total. The predicted molar refractivity (Wildman–Crippen MR) is 107 cm³/mol. The molecule has 2 aromatic carbocycles. The monoisotopic (exact) mass is 444 g/mol. The second-order valence-corrected chi connectivity index (χ2v) is 8.34. The number of nitrogens with zero attached hydrogens (tertiary/aromatic N) is 1. The van der Waals surface area contributed by atoms with Crippen molar-refractivity contribution in [3.63, 3.8) is 0 Å². The average molecular weight is 444 g/mol. The first kappa shape index (κ1) is 23.7. The summed E-state index contributed by atoms with van der Waals surface area (Å²) >= 11 is 0. The van der Waals surface area contributed by atoms with Crippen LogP contribution in [-0.2, 0) is 16.2 Å². The van der Waals surface area contributed by atoms with E-state index in [4.69, 9.17) is 4.74 Å². The fourth-order valence-electron chi connectivity index (χ4n) is 2.93. The number of nitrogens with one attached hydrogen (secondary N) is 1. The normalized spacial score (nSPS) is 12.1. The van der Waals surface area contributed by atoms with Crippen molar-refractivity contribution in [1.82, 2.24) is 4.31 Å². The van der Waals surface area contributed by atoms with Gasteiger partial charge in [0.05, 0.1) is 12.7 Å². The number of hydrogen-bond acceptors (Lipinski definition) is 4. The number of anilines is 1. The van der Waals surface area contributed by atoms with Crippen LogP contribution in [0.4, 0.5) is 18.9 Å². The average Bonchev–Trinajstić information content (AvgIpc) is 2.68. The van der Waals surface area contributed by atoms with E-state index in [-0.39, 0.29) is 40.5 Å². The second kappa shape index (κ2) is 9.05. The summed E-state index contributed by atoms with van der Waals surface area (Å²) in [6.45, 7) is 5.13. The van der Waals surface area contributed by atoms with Gasteiger partial charge in [-0.2, -0.15) is 17.5 Å². The van der Waals surface area contributed by atoms with Crippen LogP contribution in [0.15, 0.2) is 41.3 Å². The molecule has 0 unspecified atom stereocenters. The molecule has 0 radical (unpaired) electrons. The Morgan fingerprint density at radius 3 is 2.27 bits per heavy atom. The predicted octanol–water partition coefficient (Wildman–Crippen LogP) is 4.31. The first-order valence-electron chi connectivity index (χ1n) is 9.13. The number of carbonyl (C=O) groups is 1. The molecule has 2 rings (SSSR count). The van der Waals surface area contributed by atoms with Gasteiger partial charge in [-0.05, 0) is 42.8 Å². The van der Waals surface area contributed by atoms with E-state index in [1.807, 2.05) is 0 Å². The van der Waals surface area contributed by atoms with Crippen LogP contribution in [0.5, 0.6) is 5.75 Å². The first-order valence-corrected chi connectivity index (χ1v) is 10.6. The number of alkyl halides is 3. The third kappa shape index (κ3) is 4.93. The lowest BCUT2D eigenvalue weighted by Crippen LogP contribution is -2.31. The van der Waals surface area contributed by atoms with E-state index in [0.717, 1.165) is 12.1 Å². The van der Waals surface area contributed by atoms with Crippen LogP contribution < -0.4 is 10.1 Å². The SMILES string of the molecule is CCN(CC)S(=O)(=O)c1cc(C(=O)Nc2ccc(C)c(C(F)(F)F)c2)ccc1OC. The molecule has 0 aromatic heterocycles. The molecule has 0 saturated heterocycles. The highest BCUT2D eigenvalue weighted by Crippen LogP contribution is 2.34. The van der Waals surface area contributed by atoms with Gasteiger partial charge in [0.15, 0.2) is 0 Å². The van der Waals surface area contributed by atoms with E-state index in [1.165, 1.54) is 42.6 Å². The topological polar surface area (TPSA) is 75.7 Å². The maximum absolute atomic E-state index is 13.1. The quantitative estimate of drug-likeness (QED) is 0.691. The zero-order chi connectivity index (χ0) is 22.7. The highest BCUT2D eigenvalue weighted by Gasteiger charge is 2.32. The van der Waals surface area contributed by atoms with Gasteiger partial charge in [-0.15, -0.1) is 0 Å². The maximum atomic E-state index is 13.1. The molecule has 0 spiro atoms. The number of sulfonamides is 1. The van der Waals surface area contributed by atoms with Gasteiger partial charge in [0.25, 0.3) is 5.91 Å².